The molecule has 0 fully saturated rings. The molecule has 0 spiro atoms. The predicted molar refractivity (Wildman–Crippen MR) is 247 cm³/mol. The molecular formula is C49H44F6N8O5Si. The van der Waals surface area contributed by atoms with Crippen molar-refractivity contribution in [1.82, 2.24) is 29.5 Å². The maximum Gasteiger partial charge on any atom is 0.270 e. The third-order valence-electron chi connectivity index (χ3n) is 8.81. The summed E-state index contributed by atoms with van der Waals surface area (Å²) in [6, 6.07) is 24.5. The van der Waals surface area contributed by atoms with Crippen LogP contribution in [0.5, 0.6) is 0 Å². The van der Waals surface area contributed by atoms with E-state index in [0.717, 1.165) is 52.7 Å². The normalized spacial score (nSPS) is 10.4. The van der Waals surface area contributed by atoms with Gasteiger partial charge in [0.15, 0.2) is 40.7 Å². The zero-order valence-electron chi connectivity index (χ0n) is 38.0. The molecule has 0 unspecified atom stereocenters. The molecule has 3 aromatic heterocycles. The van der Waals surface area contributed by atoms with Crippen LogP contribution in [-0.4, -0.2) is 55.2 Å². The lowest BCUT2D eigenvalue weighted by Crippen LogP contribution is -2.46. The molecule has 13 nitrogen and oxygen atoms in total. The van der Waals surface area contributed by atoms with Gasteiger partial charge in [0.2, 0.25) is 5.78 Å². The Bertz CT molecular complexity index is 3170. The Morgan fingerprint density at radius 3 is 1.54 bits per heavy atom. The van der Waals surface area contributed by atoms with Crippen LogP contribution in [0.4, 0.5) is 26.3 Å². The minimum Gasteiger partial charge on any atom is -0.550 e. The predicted octanol–water partition coefficient (Wildman–Crippen LogP) is 5.19. The summed E-state index contributed by atoms with van der Waals surface area (Å²) in [6.45, 7) is 10.9. The summed E-state index contributed by atoms with van der Waals surface area (Å²) in [4.78, 5) is 52.2. The highest BCUT2D eigenvalue weighted by Gasteiger charge is 2.16. The molecule has 0 aliphatic carbocycles. The molecule has 0 aliphatic rings. The summed E-state index contributed by atoms with van der Waals surface area (Å²) in [5.41, 5.74) is 11.7. The summed E-state index contributed by atoms with van der Waals surface area (Å²) in [7, 11) is -1.30. The van der Waals surface area contributed by atoms with Gasteiger partial charge < -0.3 is 9.90 Å². The van der Waals surface area contributed by atoms with Gasteiger partial charge in [0.25, 0.3) is 17.0 Å². The van der Waals surface area contributed by atoms with Crippen LogP contribution in [0.25, 0.3) is 33.9 Å². The minimum atomic E-state index is -1.56. The molecule has 20 heteroatoms. The number of carbonyl (C=O) groups is 2. The molecule has 356 valence electrons. The van der Waals surface area contributed by atoms with Gasteiger partial charge in [-0.3, -0.25) is 25.5 Å². The first-order valence-corrected chi connectivity index (χ1v) is 23.9. The van der Waals surface area contributed by atoms with Crippen molar-refractivity contribution >= 4 is 25.7 Å². The number of benzene rings is 4. The van der Waals surface area contributed by atoms with E-state index >= 15 is 0 Å². The zero-order valence-corrected chi connectivity index (χ0v) is 39.0. The number of ketones is 1. The Morgan fingerprint density at radius 1 is 0.681 bits per heavy atom. The molecule has 0 atom stereocenters. The molecule has 0 amide bonds. The maximum atomic E-state index is 13.6. The molecule has 4 N–H and O–H groups in total. The number of rotatable bonds is 8. The van der Waals surface area contributed by atoms with E-state index in [1.165, 1.54) is 35.9 Å². The van der Waals surface area contributed by atoms with E-state index in [4.69, 9.17) is 21.0 Å². The topological polar surface area (TPSA) is 204 Å². The summed E-state index contributed by atoms with van der Waals surface area (Å²) >= 11 is 0. The summed E-state index contributed by atoms with van der Waals surface area (Å²) in [6.07, 6.45) is 1.67. The molecule has 69 heavy (non-hydrogen) atoms. The molecule has 7 aromatic rings. The number of nitrogens with zero attached hydrogens (tertiary/aromatic N) is 6. The highest BCUT2D eigenvalue weighted by atomic mass is 28.3. The smallest absolute Gasteiger partial charge is 0.270 e. The monoisotopic (exact) mass is 966 g/mol. The van der Waals surface area contributed by atoms with Gasteiger partial charge in [-0.1, -0.05) is 50.0 Å². The van der Waals surface area contributed by atoms with Crippen molar-refractivity contribution < 1.29 is 46.4 Å². The molecule has 7 rings (SSSR count). The van der Waals surface area contributed by atoms with E-state index in [9.17, 15) is 40.7 Å². The Hall–Kier alpha value is -8.31. The van der Waals surface area contributed by atoms with Gasteiger partial charge in [0.05, 0.1) is 30.0 Å². The van der Waals surface area contributed by atoms with Crippen LogP contribution in [0.15, 0.2) is 119 Å². The summed E-state index contributed by atoms with van der Waals surface area (Å²) < 4.78 is 82.6. The van der Waals surface area contributed by atoms with E-state index in [-0.39, 0.29) is 52.8 Å². The first-order chi connectivity index (χ1) is 32.4. The van der Waals surface area contributed by atoms with Gasteiger partial charge in [0.1, 0.15) is 8.07 Å². The number of hydrogen-bond donors (Lipinski definition) is 2. The fourth-order valence-electron chi connectivity index (χ4n) is 5.71. The first-order valence-electron chi connectivity index (χ1n) is 20.4. The van der Waals surface area contributed by atoms with Crippen LogP contribution >= 0.6 is 0 Å². The third-order valence-corrected chi connectivity index (χ3v) is 9.69. The Morgan fingerprint density at radius 2 is 1.13 bits per heavy atom. The number of aliphatic carboxylic acids is 1. The number of Topliss-reactive ketones (excluding diaryl/α,β-unsaturated/α-hetero) is 1. The second-order valence-corrected chi connectivity index (χ2v) is 20.6. The second kappa shape index (κ2) is 23.9. The Labute approximate surface area is 392 Å². The molecule has 0 aliphatic heterocycles. The van der Waals surface area contributed by atoms with E-state index in [1.807, 2.05) is 31.2 Å². The number of amidine groups is 1. The SMILES string of the molecule is CC(=O)C#C[Si](C)(C)C.CC(=O)[O-].Cc1ccnc(-c2cccc(Cn3nc(-c4cc(F)c(F)c(F)c4)ccc3=O)c2)n1.NC(=[NH2+])c1cccc(Cn2nc(-c3cc(F)c(F)c(F)c3)ccc2=O)c1. The van der Waals surface area contributed by atoms with Gasteiger partial charge in [-0.05, 0) is 91.6 Å². The number of halogens is 6. The average molecular weight is 967 g/mol. The molecular weight excluding hydrogens is 923 g/mol. The molecule has 4 aromatic carbocycles. The number of aryl methyl sites for hydroxylation is 1. The third kappa shape index (κ3) is 16.5. The zero-order chi connectivity index (χ0) is 51.2. The Balaban J connectivity index is 0.000000241. The molecule has 0 saturated heterocycles. The lowest BCUT2D eigenvalue weighted by Gasteiger charge is -2.09. The summed E-state index contributed by atoms with van der Waals surface area (Å²) in [5.74, 6) is -6.29. The van der Waals surface area contributed by atoms with Gasteiger partial charge in [-0.15, -0.1) is 5.54 Å². The maximum absolute atomic E-state index is 13.6. The number of carboxylic acid groups (broad SMARTS) is 1. The number of hydrogen-bond acceptors (Lipinski definition) is 9. The van der Waals surface area contributed by atoms with Gasteiger partial charge >= 0.3 is 0 Å². The van der Waals surface area contributed by atoms with Crippen molar-refractivity contribution in [1.29, 1.82) is 0 Å². The number of carboxylic acids is 1. The van der Waals surface area contributed by atoms with Crippen LogP contribution in [0.2, 0.25) is 19.6 Å². The van der Waals surface area contributed by atoms with Crippen LogP contribution in [-0.2, 0) is 22.7 Å². The van der Waals surface area contributed by atoms with Crippen molar-refractivity contribution in [3.8, 4) is 45.4 Å². The number of aromatic nitrogens is 6. The first kappa shape index (κ1) is 53.3. The molecule has 0 saturated carbocycles. The standard InChI is InChI=1S/C22H15F3N4O.C18H13F3N4O.C7H12OSi.C2H4O2/c1-13-7-8-26-22(27-13)15-4-2-3-14(9-15)12-29-20(30)6-5-19(28-29)16-10-17(23)21(25)18(24)11-16;19-13-7-12(8-14(20)17(13)21)15-4-5-16(26)25(24-15)9-10-2-1-3-11(6-10)18(22)23;1-7(8)5-6-9(2,3)4;1-2(3)4/h2-11H,12H2,1H3;1-8H,9H2,(H3,22,23);1-4H3;1H3,(H,3,4). The quantitative estimate of drug-likeness (QED) is 0.0509. The highest BCUT2D eigenvalue weighted by molar-refractivity contribution is 6.84. The van der Waals surface area contributed by atoms with Crippen LogP contribution in [0, 0.1) is 53.3 Å². The largest absolute Gasteiger partial charge is 0.550 e. The van der Waals surface area contributed by atoms with Gasteiger partial charge in [-0.25, -0.2) is 45.7 Å². The fraction of sp³-hybridized carbons (Fsp3) is 0.163. The second-order valence-electron chi connectivity index (χ2n) is 15.9. The van der Waals surface area contributed by atoms with Crippen molar-refractivity contribution in [3.63, 3.8) is 0 Å². The van der Waals surface area contributed by atoms with E-state index in [0.29, 0.717) is 17.0 Å². The average Bonchev–Trinajstić information content (AvgIpc) is 3.28. The van der Waals surface area contributed by atoms with E-state index in [1.54, 1.807) is 36.5 Å². The number of carbonyl (C=O) groups excluding carboxylic acids is 2. The van der Waals surface area contributed by atoms with Crippen molar-refractivity contribution in [2.75, 3.05) is 0 Å². The molecule has 0 radical (unpaired) electrons. The van der Waals surface area contributed by atoms with Gasteiger partial charge in [-0.2, -0.15) is 10.2 Å². The lowest BCUT2D eigenvalue weighted by atomic mass is 10.1. The van der Waals surface area contributed by atoms with Crippen LogP contribution in [0.3, 0.4) is 0 Å². The van der Waals surface area contributed by atoms with E-state index in [2.05, 4.69) is 51.3 Å². The molecule has 0 bridgehead atoms. The van der Waals surface area contributed by atoms with Crippen molar-refractivity contribution in [3.05, 3.63) is 187 Å². The Kier molecular flexibility index (Phi) is 18.5. The highest BCUT2D eigenvalue weighted by Crippen LogP contribution is 2.23. The minimum absolute atomic E-state index is 0.0171. The van der Waals surface area contributed by atoms with Gasteiger partial charge in [0, 0.05) is 53.6 Å². The van der Waals surface area contributed by atoms with Crippen molar-refractivity contribution in [2.24, 2.45) is 5.73 Å². The van der Waals surface area contributed by atoms with Crippen LogP contribution < -0.4 is 27.4 Å². The van der Waals surface area contributed by atoms with E-state index < -0.39 is 54.5 Å². The fourth-order valence-corrected chi connectivity index (χ4v) is 6.26. The lowest BCUT2D eigenvalue weighted by molar-refractivity contribution is -0.302. The molecule has 3 heterocycles. The van der Waals surface area contributed by atoms with Crippen molar-refractivity contribution in [2.45, 2.75) is 53.5 Å². The summed E-state index contributed by atoms with van der Waals surface area (Å²) in [5, 5.41) is 22.7. The number of nitrogens with two attached hydrogens (primary N) is 2. The van der Waals surface area contributed by atoms with Crippen LogP contribution in [0.1, 0.15) is 36.2 Å².